The van der Waals surface area contributed by atoms with E-state index < -0.39 is 24.6 Å². The van der Waals surface area contributed by atoms with Crippen LogP contribution in [0.2, 0.25) is 0 Å². The number of carbonyl (C=O) groups is 1. The van der Waals surface area contributed by atoms with Crippen LogP contribution >= 0.6 is 0 Å². The minimum absolute atomic E-state index is 0.394. The first kappa shape index (κ1) is 11.6. The first-order chi connectivity index (χ1) is 8.08. The zero-order valence-corrected chi connectivity index (χ0v) is 8.87. The number of pyridine rings is 1. The van der Waals surface area contributed by atoms with Gasteiger partial charge in [-0.25, -0.2) is 4.98 Å². The molecular formula is C11H12N2O4. The number of aliphatic hydroxyl groups excluding tert-OH is 2. The SMILES string of the molecule is O=C(O)CC(O)C(O)c1cnc2[nH]ccc2c1. The van der Waals surface area contributed by atoms with Gasteiger partial charge in [0, 0.05) is 23.3 Å². The predicted molar refractivity (Wildman–Crippen MR) is 59.3 cm³/mol. The fourth-order valence-electron chi connectivity index (χ4n) is 1.63. The number of H-pyrrole nitrogens is 1. The normalized spacial score (nSPS) is 14.7. The molecule has 0 fully saturated rings. The topological polar surface area (TPSA) is 106 Å². The average molecular weight is 236 g/mol. The van der Waals surface area contributed by atoms with Crippen LogP contribution in [0.5, 0.6) is 0 Å². The van der Waals surface area contributed by atoms with Crippen LogP contribution in [0.25, 0.3) is 11.0 Å². The van der Waals surface area contributed by atoms with Gasteiger partial charge in [-0.15, -0.1) is 0 Å². The number of nitrogens with one attached hydrogen (secondary N) is 1. The number of rotatable bonds is 4. The molecule has 0 aromatic carbocycles. The molecule has 0 saturated heterocycles. The van der Waals surface area contributed by atoms with Gasteiger partial charge in [-0.1, -0.05) is 0 Å². The minimum Gasteiger partial charge on any atom is -0.481 e. The summed E-state index contributed by atoms with van der Waals surface area (Å²) in [7, 11) is 0. The van der Waals surface area contributed by atoms with E-state index in [1.54, 1.807) is 18.3 Å². The number of aromatic nitrogens is 2. The zero-order valence-electron chi connectivity index (χ0n) is 8.87. The Morgan fingerprint density at radius 1 is 1.47 bits per heavy atom. The molecule has 2 aromatic rings. The molecule has 0 saturated carbocycles. The van der Waals surface area contributed by atoms with E-state index in [2.05, 4.69) is 9.97 Å². The number of aromatic amines is 1. The highest BCUT2D eigenvalue weighted by atomic mass is 16.4. The summed E-state index contributed by atoms with van der Waals surface area (Å²) in [6.45, 7) is 0. The van der Waals surface area contributed by atoms with E-state index in [0.29, 0.717) is 11.2 Å². The third-order valence-electron chi connectivity index (χ3n) is 2.51. The van der Waals surface area contributed by atoms with Gasteiger partial charge < -0.3 is 20.3 Å². The van der Waals surface area contributed by atoms with Crippen LogP contribution < -0.4 is 0 Å². The molecule has 0 spiro atoms. The van der Waals surface area contributed by atoms with Crippen LogP contribution in [-0.4, -0.2) is 37.4 Å². The van der Waals surface area contributed by atoms with Crippen molar-refractivity contribution in [2.45, 2.75) is 18.6 Å². The van der Waals surface area contributed by atoms with Gasteiger partial charge in [0.2, 0.25) is 0 Å². The van der Waals surface area contributed by atoms with Crippen molar-refractivity contribution < 1.29 is 20.1 Å². The molecule has 2 rings (SSSR count). The quantitative estimate of drug-likeness (QED) is 0.616. The van der Waals surface area contributed by atoms with Gasteiger partial charge in [-0.2, -0.15) is 0 Å². The summed E-state index contributed by atoms with van der Waals surface area (Å²) >= 11 is 0. The lowest BCUT2D eigenvalue weighted by Gasteiger charge is -2.15. The number of carboxylic acid groups (broad SMARTS) is 1. The number of hydrogen-bond acceptors (Lipinski definition) is 4. The molecule has 0 amide bonds. The van der Waals surface area contributed by atoms with E-state index in [1.165, 1.54) is 6.20 Å². The Morgan fingerprint density at radius 2 is 2.24 bits per heavy atom. The van der Waals surface area contributed by atoms with Crippen LogP contribution in [0.4, 0.5) is 0 Å². The second-order valence-electron chi connectivity index (χ2n) is 3.79. The van der Waals surface area contributed by atoms with E-state index in [4.69, 9.17) is 5.11 Å². The van der Waals surface area contributed by atoms with Gasteiger partial charge in [0.05, 0.1) is 12.5 Å². The molecule has 6 nitrogen and oxygen atoms in total. The van der Waals surface area contributed by atoms with E-state index in [-0.39, 0.29) is 0 Å². The molecular weight excluding hydrogens is 224 g/mol. The molecule has 0 bridgehead atoms. The Morgan fingerprint density at radius 3 is 2.94 bits per heavy atom. The molecule has 2 unspecified atom stereocenters. The Labute approximate surface area is 96.5 Å². The number of aliphatic hydroxyl groups is 2. The van der Waals surface area contributed by atoms with Gasteiger partial charge in [0.15, 0.2) is 0 Å². The van der Waals surface area contributed by atoms with Crippen molar-refractivity contribution in [2.24, 2.45) is 0 Å². The molecule has 0 aliphatic heterocycles. The van der Waals surface area contributed by atoms with Crippen molar-refractivity contribution >= 4 is 17.0 Å². The highest BCUT2D eigenvalue weighted by Crippen LogP contribution is 2.21. The van der Waals surface area contributed by atoms with Crippen molar-refractivity contribution in [1.29, 1.82) is 0 Å². The lowest BCUT2D eigenvalue weighted by Crippen LogP contribution is -2.21. The molecule has 2 aromatic heterocycles. The standard InChI is InChI=1S/C11H12N2O4/c14-8(4-9(15)16)10(17)7-3-6-1-2-12-11(6)13-5-7/h1-3,5,8,10,14,17H,4H2,(H,12,13)(H,15,16). The first-order valence-corrected chi connectivity index (χ1v) is 5.09. The zero-order chi connectivity index (χ0) is 12.4. The molecule has 0 radical (unpaired) electrons. The number of aliphatic carboxylic acids is 1. The molecule has 17 heavy (non-hydrogen) atoms. The monoisotopic (exact) mass is 236 g/mol. The second-order valence-corrected chi connectivity index (χ2v) is 3.79. The van der Waals surface area contributed by atoms with Crippen LogP contribution in [0.1, 0.15) is 18.1 Å². The van der Waals surface area contributed by atoms with Crippen molar-refractivity contribution in [1.82, 2.24) is 9.97 Å². The van der Waals surface area contributed by atoms with E-state index in [1.807, 2.05) is 0 Å². The predicted octanol–water partition coefficient (Wildman–Crippen LogP) is 0.432. The third-order valence-corrected chi connectivity index (χ3v) is 2.51. The largest absolute Gasteiger partial charge is 0.481 e. The second kappa shape index (κ2) is 4.52. The Hall–Kier alpha value is -1.92. The van der Waals surface area contributed by atoms with Crippen molar-refractivity contribution in [3.63, 3.8) is 0 Å². The van der Waals surface area contributed by atoms with Gasteiger partial charge in [-0.3, -0.25) is 4.79 Å². The molecule has 6 heteroatoms. The maximum absolute atomic E-state index is 10.4. The van der Waals surface area contributed by atoms with Crippen LogP contribution in [0.15, 0.2) is 24.5 Å². The van der Waals surface area contributed by atoms with Crippen LogP contribution in [-0.2, 0) is 4.79 Å². The Kier molecular flexibility index (Phi) is 3.08. The maximum Gasteiger partial charge on any atom is 0.306 e. The summed E-state index contributed by atoms with van der Waals surface area (Å²) in [6, 6.07) is 3.44. The van der Waals surface area contributed by atoms with Crippen molar-refractivity contribution in [3.8, 4) is 0 Å². The average Bonchev–Trinajstić information content (AvgIpc) is 2.73. The van der Waals surface area contributed by atoms with E-state index in [0.717, 1.165) is 5.39 Å². The summed E-state index contributed by atoms with van der Waals surface area (Å²) < 4.78 is 0. The fourth-order valence-corrected chi connectivity index (χ4v) is 1.63. The number of hydrogen-bond donors (Lipinski definition) is 4. The molecule has 4 N–H and O–H groups in total. The molecule has 2 atom stereocenters. The van der Waals surface area contributed by atoms with Crippen LogP contribution in [0.3, 0.4) is 0 Å². The molecule has 0 aliphatic rings. The summed E-state index contributed by atoms with van der Waals surface area (Å²) in [5.41, 5.74) is 1.07. The fraction of sp³-hybridized carbons (Fsp3) is 0.273. The van der Waals surface area contributed by atoms with Crippen molar-refractivity contribution in [2.75, 3.05) is 0 Å². The smallest absolute Gasteiger partial charge is 0.306 e. The Bertz CT molecular complexity index is 537. The number of carboxylic acids is 1. The molecule has 90 valence electrons. The highest BCUT2D eigenvalue weighted by molar-refractivity contribution is 5.75. The van der Waals surface area contributed by atoms with Crippen molar-refractivity contribution in [3.05, 3.63) is 30.1 Å². The summed E-state index contributed by atoms with van der Waals surface area (Å²) in [5, 5.41) is 28.6. The highest BCUT2D eigenvalue weighted by Gasteiger charge is 2.21. The summed E-state index contributed by atoms with van der Waals surface area (Å²) in [5.74, 6) is -1.16. The maximum atomic E-state index is 10.4. The number of nitrogens with zero attached hydrogens (tertiary/aromatic N) is 1. The summed E-state index contributed by atoms with van der Waals surface area (Å²) in [6.07, 6.45) is 0.0196. The minimum atomic E-state index is -1.34. The van der Waals surface area contributed by atoms with E-state index >= 15 is 0 Å². The third kappa shape index (κ3) is 2.43. The van der Waals surface area contributed by atoms with Gasteiger partial charge in [-0.05, 0) is 12.1 Å². The first-order valence-electron chi connectivity index (χ1n) is 5.09. The van der Waals surface area contributed by atoms with Gasteiger partial charge in [0.25, 0.3) is 0 Å². The molecule has 2 heterocycles. The lowest BCUT2D eigenvalue weighted by atomic mass is 10.0. The van der Waals surface area contributed by atoms with Gasteiger partial charge in [0.1, 0.15) is 11.8 Å². The Balaban J connectivity index is 2.23. The molecule has 0 aliphatic carbocycles. The summed E-state index contributed by atoms with van der Waals surface area (Å²) in [4.78, 5) is 17.4. The van der Waals surface area contributed by atoms with Gasteiger partial charge >= 0.3 is 5.97 Å². The number of fused-ring (bicyclic) bond motifs is 1. The van der Waals surface area contributed by atoms with Crippen LogP contribution in [0, 0.1) is 0 Å². The lowest BCUT2D eigenvalue weighted by molar-refractivity contribution is -0.141. The van der Waals surface area contributed by atoms with E-state index in [9.17, 15) is 15.0 Å².